The molecule has 1 aliphatic carbocycles. The highest BCUT2D eigenvalue weighted by atomic mass is 35.5. The van der Waals surface area contributed by atoms with E-state index in [1.165, 1.54) is 11.1 Å². The Bertz CT molecular complexity index is 506. The number of nitrogens with zero attached hydrogens (tertiary/aromatic N) is 2. The van der Waals surface area contributed by atoms with Crippen molar-refractivity contribution in [2.45, 2.75) is 25.2 Å². The van der Waals surface area contributed by atoms with Gasteiger partial charge in [-0.05, 0) is 42.0 Å². The van der Waals surface area contributed by atoms with Crippen LogP contribution in [0.1, 0.15) is 29.3 Å². The van der Waals surface area contributed by atoms with Crippen molar-refractivity contribution < 1.29 is 0 Å². The smallest absolute Gasteiger partial charge is 0.242 e. The number of rotatable bonds is 1. The minimum absolute atomic E-state index is 0.314. The van der Waals surface area contributed by atoms with Crippen molar-refractivity contribution in [2.75, 3.05) is 0 Å². The molecule has 1 unspecified atom stereocenters. The van der Waals surface area contributed by atoms with Crippen LogP contribution < -0.4 is 0 Å². The van der Waals surface area contributed by atoms with Crippen molar-refractivity contribution in [1.29, 1.82) is 0 Å². The summed E-state index contributed by atoms with van der Waals surface area (Å²) in [6, 6.07) is 8.59. The lowest BCUT2D eigenvalue weighted by atomic mass is 9.83. The first-order valence-corrected chi connectivity index (χ1v) is 5.85. The molecule has 1 atom stereocenters. The SMILES string of the molecule is Clc1n[nH]c(C2CCc3ccccc3C2)n1. The largest absolute Gasteiger partial charge is 0.262 e. The zero-order chi connectivity index (χ0) is 11.0. The molecule has 3 rings (SSSR count). The Morgan fingerprint density at radius 2 is 2.06 bits per heavy atom. The van der Waals surface area contributed by atoms with E-state index in [9.17, 15) is 0 Å². The van der Waals surface area contributed by atoms with Gasteiger partial charge in [0, 0.05) is 5.92 Å². The lowest BCUT2D eigenvalue weighted by Crippen LogP contribution is -2.13. The van der Waals surface area contributed by atoms with Gasteiger partial charge in [-0.3, -0.25) is 5.10 Å². The maximum Gasteiger partial charge on any atom is 0.242 e. The molecule has 1 aliphatic rings. The number of halogens is 1. The molecule has 0 bridgehead atoms. The van der Waals surface area contributed by atoms with Gasteiger partial charge in [-0.2, -0.15) is 0 Å². The molecule has 4 heteroatoms. The van der Waals surface area contributed by atoms with Crippen LogP contribution in [-0.2, 0) is 12.8 Å². The van der Waals surface area contributed by atoms with Crippen LogP contribution in [0.2, 0.25) is 5.28 Å². The summed E-state index contributed by atoms with van der Waals surface area (Å²) in [5.41, 5.74) is 2.88. The fourth-order valence-corrected chi connectivity index (χ4v) is 2.50. The summed E-state index contributed by atoms with van der Waals surface area (Å²) in [6.07, 6.45) is 3.25. The standard InChI is InChI=1S/C12H12ClN3/c13-12-14-11(15-16-12)10-6-5-8-3-1-2-4-9(8)7-10/h1-4,10H,5-7H2,(H,14,15,16). The Morgan fingerprint density at radius 1 is 1.25 bits per heavy atom. The Labute approximate surface area is 98.9 Å². The fraction of sp³-hybridized carbons (Fsp3) is 0.333. The molecular formula is C12H12ClN3. The van der Waals surface area contributed by atoms with Crippen molar-refractivity contribution in [1.82, 2.24) is 15.2 Å². The van der Waals surface area contributed by atoms with Gasteiger partial charge in [0.25, 0.3) is 0 Å². The van der Waals surface area contributed by atoms with Crippen molar-refractivity contribution >= 4 is 11.6 Å². The molecule has 82 valence electrons. The van der Waals surface area contributed by atoms with Gasteiger partial charge in [-0.1, -0.05) is 24.3 Å². The number of H-pyrrole nitrogens is 1. The third-order valence-corrected chi connectivity index (χ3v) is 3.38. The van der Waals surface area contributed by atoms with Gasteiger partial charge in [0.15, 0.2) is 0 Å². The number of benzene rings is 1. The third kappa shape index (κ3) is 1.71. The van der Waals surface area contributed by atoms with E-state index in [-0.39, 0.29) is 0 Å². The molecule has 0 saturated heterocycles. The number of aromatic amines is 1. The van der Waals surface area contributed by atoms with Gasteiger partial charge < -0.3 is 0 Å². The molecular weight excluding hydrogens is 222 g/mol. The van der Waals surface area contributed by atoms with Crippen LogP contribution in [0, 0.1) is 0 Å². The summed E-state index contributed by atoms with van der Waals surface area (Å²) in [5, 5.41) is 7.10. The molecule has 0 aliphatic heterocycles. The van der Waals surface area contributed by atoms with E-state index in [0.29, 0.717) is 11.2 Å². The quantitative estimate of drug-likeness (QED) is 0.823. The van der Waals surface area contributed by atoms with E-state index < -0.39 is 0 Å². The predicted molar refractivity (Wildman–Crippen MR) is 62.6 cm³/mol. The summed E-state index contributed by atoms with van der Waals surface area (Å²) in [7, 11) is 0. The van der Waals surface area contributed by atoms with Gasteiger partial charge in [-0.15, -0.1) is 5.10 Å². The zero-order valence-electron chi connectivity index (χ0n) is 8.78. The van der Waals surface area contributed by atoms with Crippen LogP contribution in [0.4, 0.5) is 0 Å². The summed E-state index contributed by atoms with van der Waals surface area (Å²) >= 11 is 5.73. The second-order valence-corrected chi connectivity index (χ2v) is 4.54. The maximum absolute atomic E-state index is 5.73. The highest BCUT2D eigenvalue weighted by Gasteiger charge is 2.22. The predicted octanol–water partition coefficient (Wildman–Crippen LogP) is 2.73. The van der Waals surface area contributed by atoms with Gasteiger partial charge in [0.2, 0.25) is 5.28 Å². The molecule has 0 fully saturated rings. The minimum Gasteiger partial charge on any atom is -0.262 e. The second kappa shape index (κ2) is 3.91. The van der Waals surface area contributed by atoms with Crippen molar-refractivity contribution in [3.63, 3.8) is 0 Å². The van der Waals surface area contributed by atoms with Gasteiger partial charge in [0.1, 0.15) is 5.82 Å². The number of hydrogen-bond donors (Lipinski definition) is 1. The van der Waals surface area contributed by atoms with Crippen LogP contribution in [0.15, 0.2) is 24.3 Å². The minimum atomic E-state index is 0.314. The average molecular weight is 234 g/mol. The molecule has 0 radical (unpaired) electrons. The normalized spacial score (nSPS) is 19.4. The zero-order valence-corrected chi connectivity index (χ0v) is 9.54. The van der Waals surface area contributed by atoms with E-state index in [1.807, 2.05) is 0 Å². The Hall–Kier alpha value is -1.35. The molecule has 1 heterocycles. The number of nitrogens with one attached hydrogen (secondary N) is 1. The molecule has 0 saturated carbocycles. The first-order chi connectivity index (χ1) is 7.83. The lowest BCUT2D eigenvalue weighted by Gasteiger charge is -2.22. The van der Waals surface area contributed by atoms with E-state index in [1.54, 1.807) is 0 Å². The monoisotopic (exact) mass is 233 g/mol. The Morgan fingerprint density at radius 3 is 2.81 bits per heavy atom. The van der Waals surface area contributed by atoms with Gasteiger partial charge in [-0.25, -0.2) is 4.98 Å². The number of aryl methyl sites for hydroxylation is 1. The summed E-state index contributed by atoms with van der Waals surface area (Å²) in [5.74, 6) is 1.34. The van der Waals surface area contributed by atoms with Crippen LogP contribution in [0.5, 0.6) is 0 Å². The summed E-state index contributed by atoms with van der Waals surface area (Å²) in [4.78, 5) is 4.21. The number of aromatic nitrogens is 3. The molecule has 3 nitrogen and oxygen atoms in total. The van der Waals surface area contributed by atoms with Crippen LogP contribution in [0.3, 0.4) is 0 Å². The van der Waals surface area contributed by atoms with Gasteiger partial charge in [0.05, 0.1) is 0 Å². The lowest BCUT2D eigenvalue weighted by molar-refractivity contribution is 0.557. The van der Waals surface area contributed by atoms with Crippen molar-refractivity contribution in [3.05, 3.63) is 46.5 Å². The van der Waals surface area contributed by atoms with Gasteiger partial charge >= 0.3 is 0 Å². The molecule has 2 aromatic rings. The number of fused-ring (bicyclic) bond motifs is 1. The first kappa shape index (κ1) is 9.85. The molecule has 1 aromatic carbocycles. The molecule has 1 aromatic heterocycles. The highest BCUT2D eigenvalue weighted by Crippen LogP contribution is 2.30. The number of hydrogen-bond acceptors (Lipinski definition) is 2. The maximum atomic E-state index is 5.73. The van der Waals surface area contributed by atoms with E-state index in [0.717, 1.165) is 25.1 Å². The average Bonchev–Trinajstić information content (AvgIpc) is 2.75. The molecule has 16 heavy (non-hydrogen) atoms. The third-order valence-electron chi connectivity index (χ3n) is 3.21. The van der Waals surface area contributed by atoms with Crippen LogP contribution in [0.25, 0.3) is 0 Å². The topological polar surface area (TPSA) is 41.6 Å². The second-order valence-electron chi connectivity index (χ2n) is 4.20. The summed E-state index contributed by atoms with van der Waals surface area (Å²) in [6.45, 7) is 0. The van der Waals surface area contributed by atoms with Crippen LogP contribution >= 0.6 is 11.6 Å². The van der Waals surface area contributed by atoms with Crippen molar-refractivity contribution in [2.24, 2.45) is 0 Å². The first-order valence-electron chi connectivity index (χ1n) is 5.47. The fourth-order valence-electron chi connectivity index (χ4n) is 2.37. The summed E-state index contributed by atoms with van der Waals surface area (Å²) < 4.78 is 0. The molecule has 0 amide bonds. The Balaban J connectivity index is 1.88. The van der Waals surface area contributed by atoms with E-state index in [2.05, 4.69) is 39.4 Å². The van der Waals surface area contributed by atoms with E-state index in [4.69, 9.17) is 11.6 Å². The highest BCUT2D eigenvalue weighted by molar-refractivity contribution is 6.28. The van der Waals surface area contributed by atoms with Crippen molar-refractivity contribution in [3.8, 4) is 0 Å². The van der Waals surface area contributed by atoms with E-state index >= 15 is 0 Å². The molecule has 0 spiro atoms. The van der Waals surface area contributed by atoms with Crippen LogP contribution in [-0.4, -0.2) is 15.2 Å². The Kier molecular flexibility index (Phi) is 2.40. The molecule has 1 N–H and O–H groups in total.